The highest BCUT2D eigenvalue weighted by molar-refractivity contribution is 6.30. The molecule has 2 aromatic carbocycles. The molecule has 3 rings (SSSR count). The van der Waals surface area contributed by atoms with Crippen LogP contribution in [0.25, 0.3) is 11.0 Å². The quantitative estimate of drug-likeness (QED) is 0.676. The average Bonchev–Trinajstić information content (AvgIpc) is 2.74. The molecule has 4 heteroatoms. The molecule has 0 saturated carbocycles. The summed E-state index contributed by atoms with van der Waals surface area (Å²) in [4.78, 5) is 16.9. The molecule has 0 radical (unpaired) electrons. The Bertz CT molecular complexity index is 759. The number of nitrogens with zero attached hydrogens (tertiary/aromatic N) is 2. The number of carbonyl (C=O) groups excluding carboxylic acids is 1. The Labute approximate surface area is 115 Å². The molecule has 0 unspecified atom stereocenters. The number of benzene rings is 2. The van der Waals surface area contributed by atoms with Gasteiger partial charge in [0.25, 0.3) is 5.91 Å². The van der Waals surface area contributed by atoms with Gasteiger partial charge in [0, 0.05) is 10.6 Å². The van der Waals surface area contributed by atoms with E-state index in [1.807, 2.05) is 31.2 Å². The van der Waals surface area contributed by atoms with Crippen LogP contribution in [0, 0.1) is 6.92 Å². The molecule has 0 N–H and O–H groups in total. The van der Waals surface area contributed by atoms with E-state index in [9.17, 15) is 4.79 Å². The van der Waals surface area contributed by atoms with Crippen molar-refractivity contribution in [1.29, 1.82) is 0 Å². The number of para-hydroxylation sites is 2. The molecule has 0 saturated heterocycles. The summed E-state index contributed by atoms with van der Waals surface area (Å²) >= 11 is 5.84. The van der Waals surface area contributed by atoms with Crippen molar-refractivity contribution in [3.05, 3.63) is 64.9 Å². The van der Waals surface area contributed by atoms with Crippen molar-refractivity contribution in [3.63, 3.8) is 0 Å². The van der Waals surface area contributed by atoms with Gasteiger partial charge < -0.3 is 0 Å². The zero-order chi connectivity index (χ0) is 13.4. The Morgan fingerprint density at radius 3 is 2.53 bits per heavy atom. The van der Waals surface area contributed by atoms with Gasteiger partial charge in [-0.05, 0) is 43.3 Å². The first-order chi connectivity index (χ1) is 9.16. The number of hydrogen-bond acceptors (Lipinski definition) is 2. The molecule has 3 nitrogen and oxygen atoms in total. The van der Waals surface area contributed by atoms with E-state index in [0.717, 1.165) is 11.0 Å². The monoisotopic (exact) mass is 270 g/mol. The summed E-state index contributed by atoms with van der Waals surface area (Å²) in [6.45, 7) is 1.83. The van der Waals surface area contributed by atoms with Gasteiger partial charge in [-0.25, -0.2) is 4.98 Å². The molecular formula is C15H11ClN2O. The second-order valence-corrected chi connectivity index (χ2v) is 4.73. The second kappa shape index (κ2) is 4.52. The predicted molar refractivity (Wildman–Crippen MR) is 75.7 cm³/mol. The normalized spacial score (nSPS) is 10.8. The number of imidazole rings is 1. The number of aromatic nitrogens is 2. The lowest BCUT2D eigenvalue weighted by Gasteiger charge is -2.05. The van der Waals surface area contributed by atoms with Crippen LogP contribution in [0.15, 0.2) is 48.5 Å². The highest BCUT2D eigenvalue weighted by atomic mass is 35.5. The van der Waals surface area contributed by atoms with Gasteiger partial charge in [-0.15, -0.1) is 0 Å². The van der Waals surface area contributed by atoms with Crippen LogP contribution in [0.3, 0.4) is 0 Å². The van der Waals surface area contributed by atoms with Gasteiger partial charge in [0.15, 0.2) is 0 Å². The minimum absolute atomic E-state index is 0.0946. The van der Waals surface area contributed by atoms with Gasteiger partial charge in [-0.2, -0.15) is 0 Å². The van der Waals surface area contributed by atoms with E-state index in [-0.39, 0.29) is 5.91 Å². The highest BCUT2D eigenvalue weighted by Crippen LogP contribution is 2.18. The van der Waals surface area contributed by atoms with Crippen LogP contribution >= 0.6 is 11.6 Å². The Kier molecular flexibility index (Phi) is 2.84. The maximum Gasteiger partial charge on any atom is 0.263 e. The minimum Gasteiger partial charge on any atom is -0.268 e. The number of halogens is 1. The van der Waals surface area contributed by atoms with Crippen LogP contribution in [0.2, 0.25) is 5.02 Å². The van der Waals surface area contributed by atoms with Gasteiger partial charge in [-0.3, -0.25) is 9.36 Å². The zero-order valence-corrected chi connectivity index (χ0v) is 11.1. The number of rotatable bonds is 1. The predicted octanol–water partition coefficient (Wildman–Crippen LogP) is 3.69. The summed E-state index contributed by atoms with van der Waals surface area (Å²) in [5.74, 6) is 0.587. The standard InChI is InChI=1S/C15H11ClN2O/c1-10-17-13-4-2-3-5-14(13)18(10)15(19)11-6-8-12(16)9-7-11/h2-9H,1H3. The van der Waals surface area contributed by atoms with Gasteiger partial charge in [0.05, 0.1) is 11.0 Å². The van der Waals surface area contributed by atoms with Crippen molar-refractivity contribution in [2.24, 2.45) is 0 Å². The third-order valence-electron chi connectivity index (χ3n) is 3.02. The molecule has 1 heterocycles. The first kappa shape index (κ1) is 11.9. The molecular weight excluding hydrogens is 260 g/mol. The molecule has 94 valence electrons. The third-order valence-corrected chi connectivity index (χ3v) is 3.27. The van der Waals surface area contributed by atoms with E-state index >= 15 is 0 Å². The van der Waals surface area contributed by atoms with Crippen molar-refractivity contribution in [1.82, 2.24) is 9.55 Å². The molecule has 3 aromatic rings. The molecule has 1 aromatic heterocycles. The fourth-order valence-corrected chi connectivity index (χ4v) is 2.25. The number of carbonyl (C=O) groups is 1. The average molecular weight is 271 g/mol. The van der Waals surface area contributed by atoms with Gasteiger partial charge in [-0.1, -0.05) is 23.7 Å². The van der Waals surface area contributed by atoms with E-state index in [4.69, 9.17) is 11.6 Å². The van der Waals surface area contributed by atoms with Crippen LogP contribution in [-0.4, -0.2) is 15.5 Å². The van der Waals surface area contributed by atoms with E-state index in [2.05, 4.69) is 4.98 Å². The van der Waals surface area contributed by atoms with Crippen molar-refractivity contribution < 1.29 is 4.79 Å². The largest absolute Gasteiger partial charge is 0.268 e. The van der Waals surface area contributed by atoms with Gasteiger partial charge in [0.2, 0.25) is 0 Å². The maximum atomic E-state index is 12.5. The lowest BCUT2D eigenvalue weighted by Crippen LogP contribution is -2.13. The molecule has 0 amide bonds. The second-order valence-electron chi connectivity index (χ2n) is 4.30. The maximum absolute atomic E-state index is 12.5. The Hall–Kier alpha value is -2.13. The van der Waals surface area contributed by atoms with Crippen LogP contribution in [0.4, 0.5) is 0 Å². The van der Waals surface area contributed by atoms with E-state index in [0.29, 0.717) is 16.4 Å². The lowest BCUT2D eigenvalue weighted by atomic mass is 10.2. The van der Waals surface area contributed by atoms with Crippen LogP contribution in [0.1, 0.15) is 16.2 Å². The van der Waals surface area contributed by atoms with Crippen LogP contribution in [-0.2, 0) is 0 Å². The summed E-state index contributed by atoms with van der Waals surface area (Å²) in [6, 6.07) is 14.5. The fourth-order valence-electron chi connectivity index (χ4n) is 2.12. The SMILES string of the molecule is Cc1nc2ccccc2n1C(=O)c1ccc(Cl)cc1. The lowest BCUT2D eigenvalue weighted by molar-refractivity contribution is 0.0962. The summed E-state index contributed by atoms with van der Waals surface area (Å²) in [6.07, 6.45) is 0. The molecule has 19 heavy (non-hydrogen) atoms. The van der Waals surface area contributed by atoms with Crippen molar-refractivity contribution in [3.8, 4) is 0 Å². The van der Waals surface area contributed by atoms with Crippen molar-refractivity contribution >= 4 is 28.5 Å². The molecule has 0 aliphatic carbocycles. The molecule has 0 bridgehead atoms. The highest BCUT2D eigenvalue weighted by Gasteiger charge is 2.15. The van der Waals surface area contributed by atoms with E-state index < -0.39 is 0 Å². The Morgan fingerprint density at radius 1 is 1.11 bits per heavy atom. The molecule has 0 aliphatic rings. The Morgan fingerprint density at radius 2 is 1.79 bits per heavy atom. The Balaban J connectivity index is 2.16. The third kappa shape index (κ3) is 2.02. The van der Waals surface area contributed by atoms with Crippen molar-refractivity contribution in [2.75, 3.05) is 0 Å². The van der Waals surface area contributed by atoms with Crippen LogP contribution < -0.4 is 0 Å². The minimum atomic E-state index is -0.0946. The number of aryl methyl sites for hydroxylation is 1. The molecule has 0 aliphatic heterocycles. The van der Waals surface area contributed by atoms with Crippen molar-refractivity contribution in [2.45, 2.75) is 6.92 Å². The van der Waals surface area contributed by atoms with Gasteiger partial charge >= 0.3 is 0 Å². The zero-order valence-electron chi connectivity index (χ0n) is 10.3. The van der Waals surface area contributed by atoms with Gasteiger partial charge in [0.1, 0.15) is 5.82 Å². The molecule has 0 spiro atoms. The summed E-state index contributed by atoms with van der Waals surface area (Å²) in [7, 11) is 0. The number of hydrogen-bond donors (Lipinski definition) is 0. The van der Waals surface area contributed by atoms with Crippen LogP contribution in [0.5, 0.6) is 0 Å². The summed E-state index contributed by atoms with van der Waals surface area (Å²) < 4.78 is 1.62. The first-order valence-electron chi connectivity index (χ1n) is 5.91. The summed E-state index contributed by atoms with van der Waals surface area (Å²) in [5.41, 5.74) is 2.23. The smallest absolute Gasteiger partial charge is 0.263 e. The topological polar surface area (TPSA) is 34.9 Å². The fraction of sp³-hybridized carbons (Fsp3) is 0.0667. The number of fused-ring (bicyclic) bond motifs is 1. The summed E-state index contributed by atoms with van der Waals surface area (Å²) in [5, 5.41) is 0.615. The first-order valence-corrected chi connectivity index (χ1v) is 6.29. The molecule has 0 atom stereocenters. The van der Waals surface area contributed by atoms with E-state index in [1.165, 1.54) is 0 Å². The van der Waals surface area contributed by atoms with E-state index in [1.54, 1.807) is 28.8 Å². The molecule has 0 fully saturated rings.